The van der Waals surface area contributed by atoms with Crippen molar-refractivity contribution in [2.75, 3.05) is 13.2 Å². The molecule has 2 aromatic carbocycles. The first-order valence-corrected chi connectivity index (χ1v) is 8.54. The van der Waals surface area contributed by atoms with Crippen LogP contribution >= 0.6 is 0 Å². The maximum atomic E-state index is 12.0. The van der Waals surface area contributed by atoms with Gasteiger partial charge in [0.25, 0.3) is 0 Å². The Morgan fingerprint density at radius 1 is 1.08 bits per heavy atom. The third kappa shape index (κ3) is 2.90. The first kappa shape index (κ1) is 16.1. The molecule has 0 aromatic heterocycles. The lowest BCUT2D eigenvalue weighted by Gasteiger charge is -2.42. The van der Waals surface area contributed by atoms with Gasteiger partial charge in [0.1, 0.15) is 6.61 Å². The van der Waals surface area contributed by atoms with Crippen molar-refractivity contribution < 1.29 is 19.7 Å². The molecule has 4 rings (SSSR count). The fourth-order valence-electron chi connectivity index (χ4n) is 3.90. The van der Waals surface area contributed by atoms with Crippen LogP contribution < -0.4 is 5.32 Å². The molecule has 0 atom stereocenters. The zero-order valence-corrected chi connectivity index (χ0v) is 13.8. The molecule has 0 aliphatic heterocycles. The summed E-state index contributed by atoms with van der Waals surface area (Å²) in [6.45, 7) is -0.00722. The van der Waals surface area contributed by atoms with E-state index in [-0.39, 0.29) is 25.2 Å². The van der Waals surface area contributed by atoms with E-state index in [1.165, 1.54) is 22.3 Å². The van der Waals surface area contributed by atoms with E-state index in [0.29, 0.717) is 12.8 Å². The van der Waals surface area contributed by atoms with E-state index in [4.69, 9.17) is 9.84 Å². The number of benzene rings is 2. The molecule has 0 spiro atoms. The minimum Gasteiger partial charge on any atom is -0.449 e. The van der Waals surface area contributed by atoms with Gasteiger partial charge >= 0.3 is 6.09 Å². The molecule has 5 nitrogen and oxygen atoms in total. The van der Waals surface area contributed by atoms with E-state index in [9.17, 15) is 9.90 Å². The molecule has 1 amide bonds. The molecule has 0 heterocycles. The second-order valence-corrected chi connectivity index (χ2v) is 6.96. The predicted octanol–water partition coefficient (Wildman–Crippen LogP) is 2.41. The summed E-state index contributed by atoms with van der Waals surface area (Å²) in [6.07, 6.45) is 0.230. The van der Waals surface area contributed by atoms with Crippen LogP contribution in [-0.2, 0) is 4.74 Å². The van der Waals surface area contributed by atoms with Gasteiger partial charge in [0.15, 0.2) is 0 Å². The van der Waals surface area contributed by atoms with Gasteiger partial charge in [-0.3, -0.25) is 0 Å². The van der Waals surface area contributed by atoms with Crippen molar-refractivity contribution >= 4 is 6.09 Å². The number of hydrogen-bond donors (Lipinski definition) is 3. The Bertz CT molecular complexity index is 752. The summed E-state index contributed by atoms with van der Waals surface area (Å²) < 4.78 is 5.45. The summed E-state index contributed by atoms with van der Waals surface area (Å²) in [6, 6.07) is 16.2. The van der Waals surface area contributed by atoms with Crippen LogP contribution in [0.15, 0.2) is 48.5 Å². The van der Waals surface area contributed by atoms with Crippen LogP contribution in [0.4, 0.5) is 4.79 Å². The molecule has 0 bridgehead atoms. The minimum atomic E-state index is -1.05. The largest absolute Gasteiger partial charge is 0.449 e. The Morgan fingerprint density at radius 2 is 1.64 bits per heavy atom. The number of amides is 1. The molecule has 2 aromatic rings. The van der Waals surface area contributed by atoms with E-state index < -0.39 is 11.7 Å². The summed E-state index contributed by atoms with van der Waals surface area (Å²) >= 11 is 0. The highest BCUT2D eigenvalue weighted by Crippen LogP contribution is 2.44. The van der Waals surface area contributed by atoms with Gasteiger partial charge in [-0.25, -0.2) is 4.79 Å². The van der Waals surface area contributed by atoms with Crippen LogP contribution in [0.25, 0.3) is 11.1 Å². The molecule has 0 unspecified atom stereocenters. The van der Waals surface area contributed by atoms with Crippen LogP contribution in [0.1, 0.15) is 29.9 Å². The van der Waals surface area contributed by atoms with Gasteiger partial charge in [0.05, 0.1) is 12.2 Å². The SMILES string of the molecule is O=C(NC1CC(O)(CO)C1)OCC1c2ccccc2-c2ccccc21. The smallest absolute Gasteiger partial charge is 0.407 e. The molecule has 130 valence electrons. The van der Waals surface area contributed by atoms with Crippen molar-refractivity contribution in [2.24, 2.45) is 0 Å². The molecule has 2 aliphatic rings. The number of hydrogen-bond acceptors (Lipinski definition) is 4. The fourth-order valence-corrected chi connectivity index (χ4v) is 3.90. The first-order valence-electron chi connectivity index (χ1n) is 8.54. The van der Waals surface area contributed by atoms with Gasteiger partial charge < -0.3 is 20.3 Å². The molecule has 0 saturated heterocycles. The van der Waals surface area contributed by atoms with Gasteiger partial charge in [0, 0.05) is 12.0 Å². The summed E-state index contributed by atoms with van der Waals surface area (Å²) in [4.78, 5) is 12.0. The molecular weight excluding hydrogens is 318 g/mol. The van der Waals surface area contributed by atoms with Crippen LogP contribution in [0, 0.1) is 0 Å². The minimum absolute atomic E-state index is 0.0360. The number of carbonyl (C=O) groups is 1. The van der Waals surface area contributed by atoms with E-state index in [0.717, 1.165) is 0 Å². The Balaban J connectivity index is 1.41. The summed E-state index contributed by atoms with van der Waals surface area (Å²) in [7, 11) is 0. The number of fused-ring (bicyclic) bond motifs is 3. The molecule has 0 radical (unpaired) electrons. The lowest BCUT2D eigenvalue weighted by molar-refractivity contribution is -0.0906. The molecule has 5 heteroatoms. The molecule has 1 saturated carbocycles. The lowest BCUT2D eigenvalue weighted by atomic mass is 9.76. The maximum Gasteiger partial charge on any atom is 0.407 e. The van der Waals surface area contributed by atoms with E-state index in [2.05, 4.69) is 29.6 Å². The van der Waals surface area contributed by atoms with Crippen molar-refractivity contribution in [3.8, 4) is 11.1 Å². The second kappa shape index (κ2) is 6.17. The van der Waals surface area contributed by atoms with Gasteiger partial charge in [-0.15, -0.1) is 0 Å². The number of aliphatic hydroxyl groups excluding tert-OH is 1. The third-order valence-electron chi connectivity index (χ3n) is 5.21. The molecular formula is C20H21NO4. The van der Waals surface area contributed by atoms with Crippen molar-refractivity contribution in [1.82, 2.24) is 5.32 Å². The van der Waals surface area contributed by atoms with E-state index >= 15 is 0 Å². The Hall–Kier alpha value is -2.37. The van der Waals surface area contributed by atoms with Gasteiger partial charge in [0.2, 0.25) is 0 Å². The number of carbonyl (C=O) groups excluding carboxylic acids is 1. The Morgan fingerprint density at radius 3 is 2.20 bits per heavy atom. The number of ether oxygens (including phenoxy) is 1. The van der Waals surface area contributed by atoms with Crippen LogP contribution in [-0.4, -0.2) is 41.2 Å². The highest BCUT2D eigenvalue weighted by atomic mass is 16.5. The first-order chi connectivity index (χ1) is 12.1. The number of aliphatic hydroxyl groups is 2. The Labute approximate surface area is 146 Å². The summed E-state index contributed by atoms with van der Waals surface area (Å²) in [5.41, 5.74) is 3.68. The average molecular weight is 339 g/mol. The third-order valence-corrected chi connectivity index (χ3v) is 5.21. The lowest BCUT2D eigenvalue weighted by Crippen LogP contribution is -2.57. The van der Waals surface area contributed by atoms with Crippen LogP contribution in [0.2, 0.25) is 0 Å². The van der Waals surface area contributed by atoms with Crippen molar-refractivity contribution in [3.63, 3.8) is 0 Å². The van der Waals surface area contributed by atoms with Gasteiger partial charge in [-0.2, -0.15) is 0 Å². The normalized spacial score (nSPS) is 24.2. The van der Waals surface area contributed by atoms with Crippen molar-refractivity contribution in [1.29, 1.82) is 0 Å². The topological polar surface area (TPSA) is 78.8 Å². The quantitative estimate of drug-likeness (QED) is 0.799. The van der Waals surface area contributed by atoms with Crippen LogP contribution in [0.3, 0.4) is 0 Å². The van der Waals surface area contributed by atoms with Crippen LogP contribution in [0.5, 0.6) is 0 Å². The fraction of sp³-hybridized carbons (Fsp3) is 0.350. The summed E-state index contributed by atoms with van der Waals surface area (Å²) in [5, 5.41) is 21.6. The monoisotopic (exact) mass is 339 g/mol. The summed E-state index contributed by atoms with van der Waals surface area (Å²) in [5.74, 6) is 0.0360. The van der Waals surface area contributed by atoms with Crippen molar-refractivity contribution in [2.45, 2.75) is 30.4 Å². The predicted molar refractivity (Wildman–Crippen MR) is 93.3 cm³/mol. The van der Waals surface area contributed by atoms with E-state index in [1.807, 2.05) is 24.3 Å². The standard InChI is InChI=1S/C20H21NO4/c22-12-20(24)9-13(10-20)21-19(23)25-11-18-16-7-3-1-5-14(16)15-6-2-4-8-17(15)18/h1-8,13,18,22,24H,9-12H2,(H,21,23). The highest BCUT2D eigenvalue weighted by molar-refractivity contribution is 5.79. The highest BCUT2D eigenvalue weighted by Gasteiger charge is 2.43. The molecule has 25 heavy (non-hydrogen) atoms. The maximum absolute atomic E-state index is 12.0. The molecule has 3 N–H and O–H groups in total. The molecule has 2 aliphatic carbocycles. The van der Waals surface area contributed by atoms with Gasteiger partial charge in [-0.05, 0) is 35.1 Å². The number of nitrogens with one attached hydrogen (secondary N) is 1. The number of alkyl carbamates (subject to hydrolysis) is 1. The van der Waals surface area contributed by atoms with Gasteiger partial charge in [-0.1, -0.05) is 48.5 Å². The average Bonchev–Trinajstić information content (AvgIpc) is 2.92. The number of rotatable bonds is 4. The zero-order valence-electron chi connectivity index (χ0n) is 13.8. The molecule has 1 fully saturated rings. The van der Waals surface area contributed by atoms with E-state index in [1.54, 1.807) is 0 Å². The Kier molecular flexibility index (Phi) is 3.98. The second-order valence-electron chi connectivity index (χ2n) is 6.96. The zero-order chi connectivity index (χ0) is 17.4. The van der Waals surface area contributed by atoms with Crippen molar-refractivity contribution in [3.05, 3.63) is 59.7 Å².